The number of amidine groups is 1. The third-order valence-electron chi connectivity index (χ3n) is 3.75. The molecule has 26 heavy (non-hydrogen) atoms. The maximum atomic E-state index is 12.3. The first-order valence-electron chi connectivity index (χ1n) is 8.01. The van der Waals surface area contributed by atoms with E-state index in [2.05, 4.69) is 15.6 Å². The topological polar surface area (TPSA) is 123 Å². The molecule has 0 saturated carbocycles. The van der Waals surface area contributed by atoms with Gasteiger partial charge in [0.15, 0.2) is 5.17 Å². The highest BCUT2D eigenvalue weighted by atomic mass is 32.2. The monoisotopic (exact) mass is 380 g/mol. The Morgan fingerprint density at radius 3 is 2.88 bits per heavy atom. The highest BCUT2D eigenvalue weighted by molar-refractivity contribution is 8.15. The summed E-state index contributed by atoms with van der Waals surface area (Å²) in [6, 6.07) is 3.98. The molecule has 0 spiro atoms. The fraction of sp³-hybridized carbons (Fsp3) is 0.438. The van der Waals surface area contributed by atoms with E-state index in [1.54, 1.807) is 0 Å². The Hall–Kier alpha value is -2.62. The second-order valence-corrected chi connectivity index (χ2v) is 6.87. The third-order valence-corrected chi connectivity index (χ3v) is 4.84. The average Bonchev–Trinajstić information content (AvgIpc) is 2.93. The molecule has 140 valence electrons. The largest absolute Gasteiger partial charge is 0.494 e. The van der Waals surface area contributed by atoms with Crippen LogP contribution in [0.2, 0.25) is 0 Å². The number of amides is 2. The van der Waals surface area contributed by atoms with Gasteiger partial charge in [-0.25, -0.2) is 0 Å². The van der Waals surface area contributed by atoms with E-state index in [0.717, 1.165) is 6.42 Å². The number of carbonyl (C=O) groups excluding carboxylic acids is 2. The first-order chi connectivity index (χ1) is 12.3. The summed E-state index contributed by atoms with van der Waals surface area (Å²) in [6.45, 7) is 3.94. The van der Waals surface area contributed by atoms with Crippen molar-refractivity contribution in [3.05, 3.63) is 28.3 Å². The minimum Gasteiger partial charge on any atom is -0.494 e. The lowest BCUT2D eigenvalue weighted by Crippen LogP contribution is -2.28. The fourth-order valence-corrected chi connectivity index (χ4v) is 3.23. The summed E-state index contributed by atoms with van der Waals surface area (Å²) in [6.07, 6.45) is 0.807. The summed E-state index contributed by atoms with van der Waals surface area (Å²) in [5, 5.41) is 16.1. The fourth-order valence-electron chi connectivity index (χ4n) is 2.16. The van der Waals surface area contributed by atoms with Gasteiger partial charge in [0.1, 0.15) is 11.0 Å². The Kier molecular flexibility index (Phi) is 6.56. The van der Waals surface area contributed by atoms with Crippen LogP contribution < -0.4 is 15.4 Å². The molecular formula is C16H20N4O5S. The molecule has 0 aromatic heterocycles. The van der Waals surface area contributed by atoms with Gasteiger partial charge in [-0.05, 0) is 19.4 Å². The molecule has 1 aliphatic heterocycles. The van der Waals surface area contributed by atoms with Crippen LogP contribution in [0.1, 0.15) is 26.7 Å². The highest BCUT2D eigenvalue weighted by Crippen LogP contribution is 2.30. The van der Waals surface area contributed by atoms with Crippen molar-refractivity contribution < 1.29 is 19.2 Å². The average molecular weight is 380 g/mol. The van der Waals surface area contributed by atoms with E-state index in [4.69, 9.17) is 4.74 Å². The first-order valence-corrected chi connectivity index (χ1v) is 8.89. The minimum atomic E-state index is -0.568. The second-order valence-electron chi connectivity index (χ2n) is 5.68. The van der Waals surface area contributed by atoms with Crippen LogP contribution in [0.5, 0.6) is 5.75 Å². The van der Waals surface area contributed by atoms with Gasteiger partial charge in [0.05, 0.1) is 23.8 Å². The number of rotatable bonds is 7. The summed E-state index contributed by atoms with van der Waals surface area (Å²) in [5.74, 6) is -0.479. The number of nitrogens with one attached hydrogen (secondary N) is 2. The molecule has 2 unspecified atom stereocenters. The number of hydrogen-bond acceptors (Lipinski definition) is 7. The number of aliphatic imine (C=N–C) groups is 1. The number of non-ortho nitro benzene ring substituents is 1. The Morgan fingerprint density at radius 1 is 1.54 bits per heavy atom. The van der Waals surface area contributed by atoms with Crippen molar-refractivity contribution >= 4 is 40.1 Å². The minimum absolute atomic E-state index is 0.0455. The van der Waals surface area contributed by atoms with Gasteiger partial charge in [-0.2, -0.15) is 0 Å². The molecule has 0 radical (unpaired) electrons. The van der Waals surface area contributed by atoms with Gasteiger partial charge in [-0.1, -0.05) is 18.7 Å². The first kappa shape index (κ1) is 19.7. The van der Waals surface area contributed by atoms with Gasteiger partial charge in [0.25, 0.3) is 5.69 Å². The zero-order valence-corrected chi connectivity index (χ0v) is 15.5. The molecule has 10 heteroatoms. The Balaban J connectivity index is 2.02. The van der Waals surface area contributed by atoms with E-state index in [0.29, 0.717) is 10.9 Å². The van der Waals surface area contributed by atoms with Gasteiger partial charge in [0.2, 0.25) is 11.8 Å². The lowest BCUT2D eigenvalue weighted by molar-refractivity contribution is -0.384. The van der Waals surface area contributed by atoms with Crippen molar-refractivity contribution in [1.29, 1.82) is 0 Å². The highest BCUT2D eigenvalue weighted by Gasteiger charge is 2.32. The number of carbonyl (C=O) groups is 2. The molecule has 2 amide bonds. The number of nitro benzene ring substituents is 1. The third kappa shape index (κ3) is 4.94. The summed E-state index contributed by atoms with van der Waals surface area (Å²) in [4.78, 5) is 38.9. The number of thioether (sulfide) groups is 1. The number of nitro groups is 1. The van der Waals surface area contributed by atoms with E-state index in [-0.39, 0.29) is 29.8 Å². The molecule has 1 aromatic rings. The van der Waals surface area contributed by atoms with E-state index < -0.39 is 16.1 Å². The van der Waals surface area contributed by atoms with Gasteiger partial charge in [-0.15, -0.1) is 0 Å². The van der Waals surface area contributed by atoms with Crippen molar-refractivity contribution in [2.45, 2.75) is 38.0 Å². The molecule has 0 bridgehead atoms. The smallest absolute Gasteiger partial charge is 0.273 e. The summed E-state index contributed by atoms with van der Waals surface area (Å²) >= 11 is 1.23. The number of anilines is 1. The van der Waals surface area contributed by atoms with Gasteiger partial charge in [0, 0.05) is 18.5 Å². The van der Waals surface area contributed by atoms with Crippen LogP contribution in [0.25, 0.3) is 0 Å². The molecule has 2 atom stereocenters. The van der Waals surface area contributed by atoms with E-state index in [1.807, 2.05) is 13.8 Å². The van der Waals surface area contributed by atoms with Crippen molar-refractivity contribution in [1.82, 2.24) is 5.32 Å². The molecule has 1 heterocycles. The molecule has 0 aliphatic carbocycles. The predicted molar refractivity (Wildman–Crippen MR) is 99.6 cm³/mol. The van der Waals surface area contributed by atoms with Crippen molar-refractivity contribution in [3.63, 3.8) is 0 Å². The quantitative estimate of drug-likeness (QED) is 0.553. The van der Waals surface area contributed by atoms with Crippen LogP contribution in [0.3, 0.4) is 0 Å². The maximum absolute atomic E-state index is 12.3. The Bertz CT molecular complexity index is 752. The van der Waals surface area contributed by atoms with E-state index >= 15 is 0 Å². The van der Waals surface area contributed by atoms with Gasteiger partial charge >= 0.3 is 0 Å². The number of benzene rings is 1. The molecular weight excluding hydrogens is 360 g/mol. The summed E-state index contributed by atoms with van der Waals surface area (Å²) < 4.78 is 5.08. The second kappa shape index (κ2) is 8.65. The van der Waals surface area contributed by atoms with Crippen molar-refractivity contribution in [2.75, 3.05) is 12.4 Å². The number of methoxy groups -OCH3 is 1. The molecule has 1 aromatic carbocycles. The molecule has 1 fully saturated rings. The number of ether oxygens (including phenoxy) is 1. The van der Waals surface area contributed by atoms with E-state index in [1.165, 1.54) is 37.1 Å². The molecule has 1 aliphatic rings. The van der Waals surface area contributed by atoms with Crippen LogP contribution in [0, 0.1) is 10.1 Å². The van der Waals surface area contributed by atoms with E-state index in [9.17, 15) is 19.7 Å². The molecule has 2 N–H and O–H groups in total. The van der Waals surface area contributed by atoms with Crippen LogP contribution in [0.4, 0.5) is 11.4 Å². The lowest BCUT2D eigenvalue weighted by Gasteiger charge is -2.11. The van der Waals surface area contributed by atoms with Crippen LogP contribution >= 0.6 is 11.8 Å². The van der Waals surface area contributed by atoms with Crippen molar-refractivity contribution in [2.24, 2.45) is 4.99 Å². The van der Waals surface area contributed by atoms with Crippen LogP contribution in [-0.2, 0) is 9.59 Å². The summed E-state index contributed by atoms with van der Waals surface area (Å²) in [7, 11) is 1.35. The van der Waals surface area contributed by atoms with Gasteiger partial charge < -0.3 is 15.4 Å². The Labute approximate surface area is 154 Å². The predicted octanol–water partition coefficient (Wildman–Crippen LogP) is 2.32. The lowest BCUT2D eigenvalue weighted by atomic mass is 10.2. The Morgan fingerprint density at radius 2 is 2.27 bits per heavy atom. The van der Waals surface area contributed by atoms with Crippen LogP contribution in [-0.4, -0.2) is 40.3 Å². The molecule has 1 saturated heterocycles. The van der Waals surface area contributed by atoms with Crippen molar-refractivity contribution in [3.8, 4) is 5.75 Å². The standard InChI is InChI=1S/C16H20N4O5S/c1-4-9(2)17-16-19-15(22)13(26-16)8-14(21)18-11-6-5-10(20(23)24)7-12(11)25-3/h5-7,9,13H,4,8H2,1-3H3,(H,18,21)(H,17,19,22). The van der Waals surface area contributed by atoms with Crippen LogP contribution in [0.15, 0.2) is 23.2 Å². The zero-order valence-electron chi connectivity index (χ0n) is 14.6. The van der Waals surface area contributed by atoms with Gasteiger partial charge in [-0.3, -0.25) is 24.7 Å². The molecule has 2 rings (SSSR count). The number of nitrogens with zero attached hydrogens (tertiary/aromatic N) is 2. The normalized spacial score (nSPS) is 19.1. The zero-order chi connectivity index (χ0) is 19.3. The summed E-state index contributed by atoms with van der Waals surface area (Å²) in [5.41, 5.74) is 0.163. The maximum Gasteiger partial charge on any atom is 0.273 e. The number of hydrogen-bond donors (Lipinski definition) is 2. The molecule has 9 nitrogen and oxygen atoms in total. The SMILES string of the molecule is CCC(C)N=C1NC(=O)C(CC(=O)Nc2ccc([N+](=O)[O-])cc2OC)S1.